The van der Waals surface area contributed by atoms with Gasteiger partial charge in [-0.1, -0.05) is 53.8 Å². The van der Waals surface area contributed by atoms with Crippen molar-refractivity contribution in [1.82, 2.24) is 0 Å². The van der Waals surface area contributed by atoms with Crippen LogP contribution in [0.5, 0.6) is 23.0 Å². The summed E-state index contributed by atoms with van der Waals surface area (Å²) in [7, 11) is 1.58. The number of amides is 1. The largest absolute Gasteiger partial charge is 0.493 e. The summed E-state index contributed by atoms with van der Waals surface area (Å²) in [5.41, 5.74) is 2.42. The molecule has 6 nitrogen and oxygen atoms in total. The first-order valence-corrected chi connectivity index (χ1v) is 11.8. The van der Waals surface area contributed by atoms with Gasteiger partial charge in [-0.15, -0.1) is 0 Å². The summed E-state index contributed by atoms with van der Waals surface area (Å²) in [6.45, 7) is 0.541. The highest BCUT2D eigenvalue weighted by Crippen LogP contribution is 2.41. The molecule has 0 bridgehead atoms. The van der Waals surface area contributed by atoms with E-state index in [0.29, 0.717) is 49.5 Å². The number of rotatable bonds is 6. The van der Waals surface area contributed by atoms with Gasteiger partial charge < -0.3 is 18.9 Å². The van der Waals surface area contributed by atoms with Gasteiger partial charge in [0.2, 0.25) is 6.79 Å². The SMILES string of the molecule is COc1cc(C=C2SC(=S)N(c3ccc4c(c3)OCO4)C2=O)ccc1OCc1ccc(Cl)cc1. The Morgan fingerprint density at radius 2 is 1.85 bits per heavy atom. The predicted molar refractivity (Wildman–Crippen MR) is 137 cm³/mol. The van der Waals surface area contributed by atoms with E-state index in [9.17, 15) is 4.79 Å². The molecule has 5 rings (SSSR count). The lowest BCUT2D eigenvalue weighted by Crippen LogP contribution is -2.27. The van der Waals surface area contributed by atoms with Gasteiger partial charge in [0.05, 0.1) is 17.7 Å². The summed E-state index contributed by atoms with van der Waals surface area (Å²) >= 11 is 12.7. The molecule has 0 aromatic heterocycles. The molecule has 0 aliphatic carbocycles. The summed E-state index contributed by atoms with van der Waals surface area (Å²) in [5, 5.41) is 0.676. The lowest BCUT2D eigenvalue weighted by molar-refractivity contribution is -0.113. The standard InChI is InChI=1S/C25H18ClNO5S2/c1-29-21-10-16(4-8-19(21)30-13-15-2-5-17(26)6-3-15)11-23-24(28)27(25(33)34-23)18-7-9-20-22(12-18)32-14-31-20/h2-12H,13-14H2,1H3. The van der Waals surface area contributed by atoms with Crippen molar-refractivity contribution >= 4 is 57.6 Å². The van der Waals surface area contributed by atoms with Gasteiger partial charge in [-0.3, -0.25) is 9.69 Å². The lowest BCUT2D eigenvalue weighted by atomic mass is 10.1. The van der Waals surface area contributed by atoms with Crippen LogP contribution in [0, 0.1) is 0 Å². The number of halogens is 1. The van der Waals surface area contributed by atoms with Gasteiger partial charge in [-0.05, 0) is 53.6 Å². The van der Waals surface area contributed by atoms with Crippen molar-refractivity contribution in [2.75, 3.05) is 18.8 Å². The second-order valence-electron chi connectivity index (χ2n) is 7.38. The molecule has 3 aromatic rings. The third-order valence-electron chi connectivity index (χ3n) is 5.20. The minimum Gasteiger partial charge on any atom is -0.493 e. The van der Waals surface area contributed by atoms with Crippen LogP contribution >= 0.6 is 35.6 Å². The van der Waals surface area contributed by atoms with E-state index in [1.807, 2.05) is 42.5 Å². The first-order valence-electron chi connectivity index (χ1n) is 10.2. The van der Waals surface area contributed by atoms with Crippen LogP contribution in [-0.4, -0.2) is 24.1 Å². The maximum atomic E-state index is 13.1. The molecule has 0 spiro atoms. The Morgan fingerprint density at radius 1 is 1.06 bits per heavy atom. The Morgan fingerprint density at radius 3 is 2.65 bits per heavy atom. The van der Waals surface area contributed by atoms with Crippen LogP contribution in [0.25, 0.3) is 6.08 Å². The number of nitrogens with zero attached hydrogens (tertiary/aromatic N) is 1. The molecule has 0 atom stereocenters. The van der Waals surface area contributed by atoms with Crippen LogP contribution < -0.4 is 23.8 Å². The van der Waals surface area contributed by atoms with Crippen molar-refractivity contribution in [1.29, 1.82) is 0 Å². The number of benzene rings is 3. The molecule has 1 amide bonds. The monoisotopic (exact) mass is 511 g/mol. The fraction of sp³-hybridized carbons (Fsp3) is 0.120. The van der Waals surface area contributed by atoms with Gasteiger partial charge in [-0.2, -0.15) is 0 Å². The number of methoxy groups -OCH3 is 1. The highest BCUT2D eigenvalue weighted by Gasteiger charge is 2.34. The van der Waals surface area contributed by atoms with E-state index in [2.05, 4.69) is 0 Å². The zero-order chi connectivity index (χ0) is 23.7. The Hall–Kier alpha value is -3.20. The Balaban J connectivity index is 1.34. The molecule has 1 fully saturated rings. The molecule has 0 N–H and O–H groups in total. The smallest absolute Gasteiger partial charge is 0.270 e. The number of thiocarbonyl (C=S) groups is 1. The molecule has 9 heteroatoms. The van der Waals surface area contributed by atoms with Gasteiger partial charge in [0, 0.05) is 11.1 Å². The molecule has 2 heterocycles. The van der Waals surface area contributed by atoms with Crippen LogP contribution in [0.1, 0.15) is 11.1 Å². The van der Waals surface area contributed by atoms with Crippen molar-refractivity contribution in [2.45, 2.75) is 6.61 Å². The van der Waals surface area contributed by atoms with E-state index in [4.69, 9.17) is 42.8 Å². The molecule has 0 saturated carbocycles. The topological polar surface area (TPSA) is 57.2 Å². The number of hydrogen-bond acceptors (Lipinski definition) is 7. The molecule has 0 radical (unpaired) electrons. The molecule has 2 aliphatic heterocycles. The Labute approximate surface area is 211 Å². The molecule has 2 aliphatic rings. The van der Waals surface area contributed by atoms with E-state index in [0.717, 1.165) is 11.1 Å². The number of ether oxygens (including phenoxy) is 4. The second-order valence-corrected chi connectivity index (χ2v) is 9.49. The van der Waals surface area contributed by atoms with E-state index in [1.54, 1.807) is 31.4 Å². The molecule has 172 valence electrons. The average Bonchev–Trinajstić information content (AvgIpc) is 3.42. The average molecular weight is 512 g/mol. The normalized spacial score (nSPS) is 15.8. The molecular weight excluding hydrogens is 494 g/mol. The zero-order valence-corrected chi connectivity index (χ0v) is 20.3. The van der Waals surface area contributed by atoms with Crippen LogP contribution in [0.4, 0.5) is 5.69 Å². The quantitative estimate of drug-likeness (QED) is 0.294. The fourth-order valence-electron chi connectivity index (χ4n) is 3.50. The Bertz CT molecular complexity index is 1310. The summed E-state index contributed by atoms with van der Waals surface area (Å²) in [6.07, 6.45) is 1.79. The number of carbonyl (C=O) groups excluding carboxylic acids is 1. The summed E-state index contributed by atoms with van der Waals surface area (Å²) in [5.74, 6) is 2.21. The summed E-state index contributed by atoms with van der Waals surface area (Å²) in [6, 6.07) is 18.3. The lowest BCUT2D eigenvalue weighted by Gasteiger charge is -2.14. The maximum absolute atomic E-state index is 13.1. The fourth-order valence-corrected chi connectivity index (χ4v) is 4.93. The summed E-state index contributed by atoms with van der Waals surface area (Å²) < 4.78 is 22.6. The minimum atomic E-state index is -0.198. The van der Waals surface area contributed by atoms with Gasteiger partial charge in [0.15, 0.2) is 27.3 Å². The van der Waals surface area contributed by atoms with Crippen molar-refractivity contribution in [3.05, 3.63) is 81.7 Å². The highest BCUT2D eigenvalue weighted by atomic mass is 35.5. The third-order valence-corrected chi connectivity index (χ3v) is 6.76. The molecular formula is C25H18ClNO5S2. The van der Waals surface area contributed by atoms with Gasteiger partial charge in [0.25, 0.3) is 5.91 Å². The minimum absolute atomic E-state index is 0.165. The van der Waals surface area contributed by atoms with E-state index < -0.39 is 0 Å². The van der Waals surface area contributed by atoms with Crippen LogP contribution in [-0.2, 0) is 11.4 Å². The molecule has 0 unspecified atom stereocenters. The number of thioether (sulfide) groups is 1. The predicted octanol–water partition coefficient (Wildman–Crippen LogP) is 6.06. The molecule has 3 aromatic carbocycles. The molecule has 1 saturated heterocycles. The van der Waals surface area contributed by atoms with Crippen molar-refractivity contribution in [2.24, 2.45) is 0 Å². The van der Waals surface area contributed by atoms with Gasteiger partial charge in [-0.25, -0.2) is 0 Å². The van der Waals surface area contributed by atoms with Crippen LogP contribution in [0.15, 0.2) is 65.6 Å². The van der Waals surface area contributed by atoms with Crippen molar-refractivity contribution in [3.63, 3.8) is 0 Å². The number of fused-ring (bicyclic) bond motifs is 1. The number of carbonyl (C=O) groups is 1. The van der Waals surface area contributed by atoms with E-state index in [-0.39, 0.29) is 12.7 Å². The van der Waals surface area contributed by atoms with E-state index >= 15 is 0 Å². The number of hydrogen-bond donors (Lipinski definition) is 0. The first kappa shape index (κ1) is 22.6. The highest BCUT2D eigenvalue weighted by molar-refractivity contribution is 8.27. The Kier molecular flexibility index (Phi) is 6.36. The van der Waals surface area contributed by atoms with Crippen LogP contribution in [0.2, 0.25) is 5.02 Å². The van der Waals surface area contributed by atoms with Crippen molar-refractivity contribution in [3.8, 4) is 23.0 Å². The van der Waals surface area contributed by atoms with E-state index in [1.165, 1.54) is 16.7 Å². The van der Waals surface area contributed by atoms with Gasteiger partial charge >= 0.3 is 0 Å². The first-order chi connectivity index (χ1) is 16.5. The number of anilines is 1. The zero-order valence-electron chi connectivity index (χ0n) is 17.9. The molecule has 34 heavy (non-hydrogen) atoms. The summed E-state index contributed by atoms with van der Waals surface area (Å²) in [4.78, 5) is 15.1. The maximum Gasteiger partial charge on any atom is 0.270 e. The van der Waals surface area contributed by atoms with Crippen LogP contribution in [0.3, 0.4) is 0 Å². The third kappa shape index (κ3) is 4.57. The second kappa shape index (κ2) is 9.58. The van der Waals surface area contributed by atoms with Crippen molar-refractivity contribution < 1.29 is 23.7 Å². The van der Waals surface area contributed by atoms with Gasteiger partial charge in [0.1, 0.15) is 6.61 Å².